The fourth-order valence-corrected chi connectivity index (χ4v) is 2.72. The molecule has 0 saturated carbocycles. The fourth-order valence-electron chi connectivity index (χ4n) is 2.72. The summed E-state index contributed by atoms with van der Waals surface area (Å²) in [6.07, 6.45) is 1.83. The maximum atomic E-state index is 10.7. The Balaban J connectivity index is 1.42. The molecule has 0 aromatic heterocycles. The Labute approximate surface area is 125 Å². The molecule has 0 unspecified atom stereocenters. The van der Waals surface area contributed by atoms with E-state index in [1.807, 2.05) is 12.1 Å². The molecule has 1 heterocycles. The van der Waals surface area contributed by atoms with E-state index in [4.69, 9.17) is 4.74 Å². The predicted molar refractivity (Wildman–Crippen MR) is 82.5 cm³/mol. The van der Waals surface area contributed by atoms with Gasteiger partial charge in [0.1, 0.15) is 12.0 Å². The molecule has 3 heteroatoms. The number of rotatable bonds is 6. The fraction of sp³-hybridized carbons (Fsp3) is 0.278. The summed E-state index contributed by atoms with van der Waals surface area (Å²) in [5.74, 6) is 0.768. The Hall–Kier alpha value is -2.13. The van der Waals surface area contributed by atoms with Gasteiger partial charge in [0.15, 0.2) is 0 Å². The highest BCUT2D eigenvalue weighted by Gasteiger charge is 2.17. The van der Waals surface area contributed by atoms with E-state index in [9.17, 15) is 4.79 Å². The van der Waals surface area contributed by atoms with E-state index < -0.39 is 0 Å². The van der Waals surface area contributed by atoms with Gasteiger partial charge in [0, 0.05) is 25.2 Å². The first kappa shape index (κ1) is 13.8. The van der Waals surface area contributed by atoms with Crippen molar-refractivity contribution in [2.45, 2.75) is 19.5 Å². The summed E-state index contributed by atoms with van der Waals surface area (Å²) in [6.45, 7) is 3.78. The molecule has 2 aromatic rings. The molecule has 0 radical (unpaired) electrons. The van der Waals surface area contributed by atoms with Crippen molar-refractivity contribution < 1.29 is 9.53 Å². The second-order valence-electron chi connectivity index (χ2n) is 5.37. The van der Waals surface area contributed by atoms with Crippen LogP contribution in [0.4, 0.5) is 0 Å². The smallest absolute Gasteiger partial charge is 0.150 e. The van der Waals surface area contributed by atoms with Crippen molar-refractivity contribution in [3.05, 3.63) is 65.2 Å². The lowest BCUT2D eigenvalue weighted by Gasteiger charge is -2.14. The number of carbonyl (C=O) groups excluding carboxylic acids is 1. The quantitative estimate of drug-likeness (QED) is 0.601. The third-order valence-corrected chi connectivity index (χ3v) is 3.79. The summed E-state index contributed by atoms with van der Waals surface area (Å²) in [5.41, 5.74) is 3.54. The Morgan fingerprint density at radius 2 is 1.81 bits per heavy atom. The summed E-state index contributed by atoms with van der Waals surface area (Å²) in [6, 6.07) is 15.9. The average Bonchev–Trinajstić information content (AvgIpc) is 2.94. The predicted octanol–water partition coefficient (Wildman–Crippen LogP) is 3.28. The second kappa shape index (κ2) is 6.55. The van der Waals surface area contributed by atoms with Crippen LogP contribution in [-0.4, -0.2) is 24.3 Å². The Morgan fingerprint density at radius 3 is 2.52 bits per heavy atom. The third-order valence-electron chi connectivity index (χ3n) is 3.79. The third kappa shape index (κ3) is 3.50. The van der Waals surface area contributed by atoms with Crippen LogP contribution in [-0.2, 0) is 13.1 Å². The van der Waals surface area contributed by atoms with E-state index in [-0.39, 0.29) is 0 Å². The molecule has 0 N–H and O–H groups in total. The van der Waals surface area contributed by atoms with Crippen molar-refractivity contribution in [3.8, 4) is 5.75 Å². The van der Waals surface area contributed by atoms with Crippen LogP contribution in [0.2, 0.25) is 0 Å². The molecule has 21 heavy (non-hydrogen) atoms. The maximum absolute atomic E-state index is 10.7. The number of fused-ring (bicyclic) bond motifs is 1. The second-order valence-corrected chi connectivity index (χ2v) is 5.37. The maximum Gasteiger partial charge on any atom is 0.150 e. The summed E-state index contributed by atoms with van der Waals surface area (Å²) in [5, 5.41) is 0. The largest absolute Gasteiger partial charge is 0.494 e. The molecule has 0 spiro atoms. The van der Waals surface area contributed by atoms with Gasteiger partial charge in [-0.25, -0.2) is 0 Å². The number of hydrogen-bond donors (Lipinski definition) is 0. The molecular weight excluding hydrogens is 262 g/mol. The monoisotopic (exact) mass is 281 g/mol. The zero-order valence-electron chi connectivity index (χ0n) is 12.0. The van der Waals surface area contributed by atoms with Crippen molar-refractivity contribution in [1.29, 1.82) is 0 Å². The molecule has 1 aliphatic heterocycles. The molecular formula is C18H19NO2. The van der Waals surface area contributed by atoms with Gasteiger partial charge >= 0.3 is 0 Å². The first-order chi connectivity index (χ1) is 10.3. The molecule has 0 bridgehead atoms. The minimum atomic E-state index is 0.655. The number of carbonyl (C=O) groups is 1. The van der Waals surface area contributed by atoms with Crippen LogP contribution in [0, 0.1) is 0 Å². The topological polar surface area (TPSA) is 29.5 Å². The summed E-state index contributed by atoms with van der Waals surface area (Å²) in [4.78, 5) is 13.1. The molecule has 1 aliphatic rings. The molecule has 0 fully saturated rings. The molecule has 0 atom stereocenters. The first-order valence-corrected chi connectivity index (χ1v) is 7.32. The molecule has 0 amide bonds. The van der Waals surface area contributed by atoms with Gasteiger partial charge < -0.3 is 4.74 Å². The van der Waals surface area contributed by atoms with Crippen LogP contribution < -0.4 is 4.74 Å². The van der Waals surface area contributed by atoms with Gasteiger partial charge in [-0.2, -0.15) is 0 Å². The Bertz CT molecular complexity index is 599. The summed E-state index contributed by atoms with van der Waals surface area (Å²) in [7, 11) is 0. The van der Waals surface area contributed by atoms with E-state index in [2.05, 4.69) is 29.2 Å². The average molecular weight is 281 g/mol. The normalized spacial score (nSPS) is 13.9. The highest BCUT2D eigenvalue weighted by atomic mass is 16.5. The highest BCUT2D eigenvalue weighted by Crippen LogP contribution is 2.22. The molecule has 3 rings (SSSR count). The van der Waals surface area contributed by atoms with Gasteiger partial charge in [0.05, 0.1) is 6.61 Å². The van der Waals surface area contributed by atoms with Gasteiger partial charge in [-0.05, 0) is 29.7 Å². The number of benzene rings is 2. The van der Waals surface area contributed by atoms with Crippen molar-refractivity contribution >= 4 is 6.29 Å². The standard InChI is InChI=1S/C18H19NO2/c20-14-15-5-3-8-18(11-15)21-10-4-9-19-12-16-6-1-2-7-17(16)13-19/h1-3,5-8,11,14H,4,9-10,12-13H2. The van der Waals surface area contributed by atoms with Crippen molar-refractivity contribution in [2.75, 3.05) is 13.2 Å². The molecule has 0 aliphatic carbocycles. The molecule has 2 aromatic carbocycles. The lowest BCUT2D eigenvalue weighted by molar-refractivity contribution is 0.112. The van der Waals surface area contributed by atoms with Gasteiger partial charge in [-0.15, -0.1) is 0 Å². The van der Waals surface area contributed by atoms with E-state index in [0.29, 0.717) is 12.2 Å². The van der Waals surface area contributed by atoms with Crippen molar-refractivity contribution in [1.82, 2.24) is 4.90 Å². The van der Waals surface area contributed by atoms with E-state index in [1.54, 1.807) is 12.1 Å². The number of nitrogens with zero attached hydrogens (tertiary/aromatic N) is 1. The Morgan fingerprint density at radius 1 is 1.05 bits per heavy atom. The van der Waals surface area contributed by atoms with Crippen LogP contribution in [0.3, 0.4) is 0 Å². The van der Waals surface area contributed by atoms with Crippen molar-refractivity contribution in [3.63, 3.8) is 0 Å². The van der Waals surface area contributed by atoms with E-state index >= 15 is 0 Å². The minimum absolute atomic E-state index is 0.655. The zero-order valence-corrected chi connectivity index (χ0v) is 12.0. The van der Waals surface area contributed by atoms with Crippen LogP contribution in [0.15, 0.2) is 48.5 Å². The molecule has 0 saturated heterocycles. The van der Waals surface area contributed by atoms with Crippen LogP contribution in [0.5, 0.6) is 5.75 Å². The van der Waals surface area contributed by atoms with Crippen LogP contribution in [0.25, 0.3) is 0 Å². The number of ether oxygens (including phenoxy) is 1. The molecule has 3 nitrogen and oxygen atoms in total. The van der Waals surface area contributed by atoms with Crippen LogP contribution >= 0.6 is 0 Å². The zero-order chi connectivity index (χ0) is 14.5. The lowest BCUT2D eigenvalue weighted by atomic mass is 10.1. The SMILES string of the molecule is O=Cc1cccc(OCCCN2Cc3ccccc3C2)c1. The van der Waals surface area contributed by atoms with E-state index in [1.165, 1.54) is 11.1 Å². The van der Waals surface area contributed by atoms with E-state index in [0.717, 1.165) is 38.1 Å². The van der Waals surface area contributed by atoms with Gasteiger partial charge in [0.25, 0.3) is 0 Å². The molecule has 108 valence electrons. The number of hydrogen-bond acceptors (Lipinski definition) is 3. The Kier molecular flexibility index (Phi) is 4.31. The first-order valence-electron chi connectivity index (χ1n) is 7.32. The minimum Gasteiger partial charge on any atom is -0.494 e. The highest BCUT2D eigenvalue weighted by molar-refractivity contribution is 5.75. The van der Waals surface area contributed by atoms with Gasteiger partial charge in [-0.3, -0.25) is 9.69 Å². The summed E-state index contributed by atoms with van der Waals surface area (Å²) < 4.78 is 5.70. The van der Waals surface area contributed by atoms with Gasteiger partial charge in [0.2, 0.25) is 0 Å². The summed E-state index contributed by atoms with van der Waals surface area (Å²) >= 11 is 0. The van der Waals surface area contributed by atoms with Crippen molar-refractivity contribution in [2.24, 2.45) is 0 Å². The van der Waals surface area contributed by atoms with Gasteiger partial charge in [-0.1, -0.05) is 36.4 Å². The lowest BCUT2D eigenvalue weighted by Crippen LogP contribution is -2.19. The number of aldehydes is 1. The van der Waals surface area contributed by atoms with Crippen LogP contribution in [0.1, 0.15) is 27.9 Å².